The molecule has 0 aliphatic heterocycles. The van der Waals surface area contributed by atoms with Gasteiger partial charge in [0, 0.05) is 12.8 Å². The number of nitrogens with two attached hydrogens (primary N) is 1. The van der Waals surface area contributed by atoms with Crippen LogP contribution in [0.3, 0.4) is 0 Å². The lowest BCUT2D eigenvalue weighted by atomic mass is 9.46. The molecule has 4 aliphatic carbocycles. The summed E-state index contributed by atoms with van der Waals surface area (Å²) in [6.45, 7) is 5.32. The van der Waals surface area contributed by atoms with Crippen LogP contribution >= 0.6 is 0 Å². The van der Waals surface area contributed by atoms with Crippen molar-refractivity contribution in [1.29, 1.82) is 0 Å². The highest BCUT2D eigenvalue weighted by Gasteiger charge is 2.67. The molecule has 4 atom stereocenters. The van der Waals surface area contributed by atoms with E-state index in [1.807, 2.05) is 20.8 Å². The summed E-state index contributed by atoms with van der Waals surface area (Å²) in [5.41, 5.74) is 2.32. The molecule has 4 saturated carbocycles. The van der Waals surface area contributed by atoms with Crippen molar-refractivity contribution < 1.29 is 24.2 Å². The monoisotopic (exact) mass is 325 g/mol. The van der Waals surface area contributed by atoms with E-state index in [1.165, 1.54) is 0 Å². The van der Waals surface area contributed by atoms with Crippen LogP contribution in [0.2, 0.25) is 0 Å². The van der Waals surface area contributed by atoms with Gasteiger partial charge in [0.15, 0.2) is 0 Å². The fourth-order valence-corrected chi connectivity index (χ4v) is 5.31. The van der Waals surface area contributed by atoms with Crippen molar-refractivity contribution in [2.45, 2.75) is 76.1 Å². The summed E-state index contributed by atoms with van der Waals surface area (Å²) in [4.78, 5) is 24.6. The van der Waals surface area contributed by atoms with Crippen molar-refractivity contribution in [1.82, 2.24) is 0 Å². The number of hydrogen-bond donors (Lipinski definition) is 2. The van der Waals surface area contributed by atoms with Gasteiger partial charge in [0.1, 0.15) is 11.2 Å². The molecule has 6 heteroatoms. The molecule has 0 aromatic heterocycles. The van der Waals surface area contributed by atoms with Crippen LogP contribution in [0.5, 0.6) is 0 Å². The van der Waals surface area contributed by atoms with E-state index in [4.69, 9.17) is 15.2 Å². The SMILES string of the molecule is CC(C)(C)OC(=O)C12CC3CC(O)(CC(OC(=O)CN)(C3)C1)C2. The van der Waals surface area contributed by atoms with Crippen LogP contribution in [0.4, 0.5) is 0 Å². The van der Waals surface area contributed by atoms with Gasteiger partial charge in [-0.3, -0.25) is 9.59 Å². The molecular weight excluding hydrogens is 298 g/mol. The van der Waals surface area contributed by atoms with E-state index < -0.39 is 28.2 Å². The predicted molar refractivity (Wildman–Crippen MR) is 82.3 cm³/mol. The van der Waals surface area contributed by atoms with Gasteiger partial charge >= 0.3 is 11.9 Å². The van der Waals surface area contributed by atoms with E-state index in [9.17, 15) is 14.7 Å². The summed E-state index contributed by atoms with van der Waals surface area (Å²) in [5.74, 6) is -0.579. The lowest BCUT2D eigenvalue weighted by Gasteiger charge is -2.62. The molecule has 130 valence electrons. The topological polar surface area (TPSA) is 98.9 Å². The number of hydrogen-bond acceptors (Lipinski definition) is 6. The van der Waals surface area contributed by atoms with Gasteiger partial charge in [-0.2, -0.15) is 0 Å². The summed E-state index contributed by atoms with van der Waals surface area (Å²) < 4.78 is 11.3. The van der Waals surface area contributed by atoms with Crippen LogP contribution < -0.4 is 5.73 Å². The molecule has 23 heavy (non-hydrogen) atoms. The Balaban J connectivity index is 1.91. The number of aliphatic hydroxyl groups is 1. The summed E-state index contributed by atoms with van der Waals surface area (Å²) in [6, 6.07) is 0. The standard InChI is InChI=1S/C17H27NO5/c1-14(2,3)23-13(20)15-4-11-5-16(21,8-15)10-17(6-11,9-15)22-12(19)7-18/h11,21H,4-10,18H2,1-3H3. The van der Waals surface area contributed by atoms with Gasteiger partial charge < -0.3 is 20.3 Å². The fourth-order valence-electron chi connectivity index (χ4n) is 5.31. The second-order valence-corrected chi connectivity index (χ2v) is 8.88. The van der Waals surface area contributed by atoms with Gasteiger partial charge in [-0.1, -0.05) is 0 Å². The highest BCUT2D eigenvalue weighted by molar-refractivity contribution is 5.79. The third-order valence-electron chi connectivity index (χ3n) is 5.32. The largest absolute Gasteiger partial charge is 0.460 e. The van der Waals surface area contributed by atoms with E-state index in [0.29, 0.717) is 38.5 Å². The number of esters is 2. The first-order valence-corrected chi connectivity index (χ1v) is 8.37. The molecule has 0 radical (unpaired) electrons. The molecule has 4 unspecified atom stereocenters. The Labute approximate surface area is 136 Å². The van der Waals surface area contributed by atoms with Crippen LogP contribution in [-0.2, 0) is 19.1 Å². The van der Waals surface area contributed by atoms with E-state index in [1.54, 1.807) is 0 Å². The van der Waals surface area contributed by atoms with Gasteiger partial charge in [0.2, 0.25) is 0 Å². The quantitative estimate of drug-likeness (QED) is 0.759. The molecule has 0 aromatic carbocycles. The highest BCUT2D eigenvalue weighted by atomic mass is 16.6. The third-order valence-corrected chi connectivity index (χ3v) is 5.32. The lowest BCUT2D eigenvalue weighted by molar-refractivity contribution is -0.249. The smallest absolute Gasteiger partial charge is 0.320 e. The van der Waals surface area contributed by atoms with E-state index in [2.05, 4.69) is 0 Å². The zero-order valence-electron chi connectivity index (χ0n) is 14.2. The Morgan fingerprint density at radius 3 is 2.43 bits per heavy atom. The molecule has 4 rings (SSSR count). The van der Waals surface area contributed by atoms with Crippen molar-refractivity contribution in [3.63, 3.8) is 0 Å². The molecule has 0 heterocycles. The Morgan fingerprint density at radius 1 is 1.17 bits per heavy atom. The van der Waals surface area contributed by atoms with Crippen LogP contribution in [-0.4, -0.2) is 40.4 Å². The normalized spacial score (nSPS) is 41.7. The van der Waals surface area contributed by atoms with Crippen molar-refractivity contribution in [3.05, 3.63) is 0 Å². The Morgan fingerprint density at radius 2 is 1.87 bits per heavy atom. The summed E-state index contributed by atoms with van der Waals surface area (Å²) >= 11 is 0. The molecule has 3 N–H and O–H groups in total. The van der Waals surface area contributed by atoms with Crippen LogP contribution in [0.15, 0.2) is 0 Å². The minimum absolute atomic E-state index is 0.175. The maximum Gasteiger partial charge on any atom is 0.320 e. The van der Waals surface area contributed by atoms with Crippen molar-refractivity contribution >= 4 is 11.9 Å². The minimum atomic E-state index is -0.953. The summed E-state index contributed by atoms with van der Waals surface area (Å²) in [5, 5.41) is 10.9. The van der Waals surface area contributed by atoms with Crippen molar-refractivity contribution in [3.8, 4) is 0 Å². The first kappa shape index (κ1) is 16.7. The minimum Gasteiger partial charge on any atom is -0.460 e. The number of rotatable bonds is 3. The molecule has 4 bridgehead atoms. The van der Waals surface area contributed by atoms with Gasteiger partial charge in [-0.15, -0.1) is 0 Å². The summed E-state index contributed by atoms with van der Waals surface area (Å²) in [7, 11) is 0. The average molecular weight is 325 g/mol. The Kier molecular flexibility index (Phi) is 3.58. The molecular formula is C17H27NO5. The molecule has 0 aromatic rings. The van der Waals surface area contributed by atoms with Crippen LogP contribution in [0, 0.1) is 11.3 Å². The fraction of sp³-hybridized carbons (Fsp3) is 0.882. The molecule has 4 aliphatic rings. The van der Waals surface area contributed by atoms with Gasteiger partial charge in [0.05, 0.1) is 17.6 Å². The van der Waals surface area contributed by atoms with Crippen LogP contribution in [0.1, 0.15) is 59.3 Å². The number of carbonyl (C=O) groups is 2. The Hall–Kier alpha value is -1.14. The number of carbonyl (C=O) groups excluding carboxylic acids is 2. The second kappa shape index (κ2) is 4.93. The zero-order valence-corrected chi connectivity index (χ0v) is 14.2. The van der Waals surface area contributed by atoms with E-state index >= 15 is 0 Å². The van der Waals surface area contributed by atoms with Crippen molar-refractivity contribution in [2.75, 3.05) is 6.54 Å². The molecule has 0 spiro atoms. The van der Waals surface area contributed by atoms with Crippen molar-refractivity contribution in [2.24, 2.45) is 17.1 Å². The van der Waals surface area contributed by atoms with Gasteiger partial charge in [-0.05, 0) is 52.4 Å². The maximum absolute atomic E-state index is 12.9. The van der Waals surface area contributed by atoms with Crippen LogP contribution in [0.25, 0.3) is 0 Å². The average Bonchev–Trinajstić information content (AvgIpc) is 2.32. The van der Waals surface area contributed by atoms with E-state index in [-0.39, 0.29) is 18.4 Å². The second-order valence-electron chi connectivity index (χ2n) is 8.88. The lowest BCUT2D eigenvalue weighted by Crippen LogP contribution is -2.66. The third kappa shape index (κ3) is 2.98. The molecule has 6 nitrogen and oxygen atoms in total. The predicted octanol–water partition coefficient (Wildman–Crippen LogP) is 1.28. The molecule has 0 amide bonds. The van der Waals surface area contributed by atoms with E-state index in [0.717, 1.165) is 0 Å². The molecule has 4 fully saturated rings. The first-order chi connectivity index (χ1) is 10.5. The zero-order chi connectivity index (χ0) is 17.1. The highest BCUT2D eigenvalue weighted by Crippen LogP contribution is 2.64. The van der Waals surface area contributed by atoms with Gasteiger partial charge in [-0.25, -0.2) is 0 Å². The first-order valence-electron chi connectivity index (χ1n) is 8.37. The Bertz CT molecular complexity index is 542. The summed E-state index contributed by atoms with van der Waals surface area (Å²) in [6.07, 6.45) is 3.29. The van der Waals surface area contributed by atoms with Gasteiger partial charge in [0.25, 0.3) is 0 Å². The maximum atomic E-state index is 12.9. The molecule has 0 saturated heterocycles. The number of ether oxygens (including phenoxy) is 2.